The fourth-order valence-corrected chi connectivity index (χ4v) is 2.31. The summed E-state index contributed by atoms with van der Waals surface area (Å²) in [6.07, 6.45) is 0.665. The first kappa shape index (κ1) is 10.6. The quantitative estimate of drug-likeness (QED) is 0.887. The van der Waals surface area contributed by atoms with Gasteiger partial charge in [0.25, 0.3) is 0 Å². The Kier molecular flexibility index (Phi) is 2.80. The highest BCUT2D eigenvalue weighted by molar-refractivity contribution is 9.10. The lowest BCUT2D eigenvalue weighted by Gasteiger charge is -2.23. The summed E-state index contributed by atoms with van der Waals surface area (Å²) >= 11 is 3.39. The van der Waals surface area contributed by atoms with Crippen molar-refractivity contribution in [3.63, 3.8) is 0 Å². The molecular weight excluding hydrogens is 258 g/mol. The van der Waals surface area contributed by atoms with Crippen LogP contribution in [0.2, 0.25) is 0 Å². The minimum atomic E-state index is -0.635. The maximum absolute atomic E-state index is 11.6. The fraction of sp³-hybridized carbons (Fsp3) is 0.364. The Hall–Kier alpha value is -0.870. The molecule has 1 saturated heterocycles. The Bertz CT molecular complexity index is 386. The van der Waals surface area contributed by atoms with E-state index in [9.17, 15) is 4.79 Å². The van der Waals surface area contributed by atoms with E-state index < -0.39 is 5.41 Å². The average Bonchev–Trinajstić information content (AvgIpc) is 2.67. The second-order valence-electron chi connectivity index (χ2n) is 3.76. The molecule has 4 heteroatoms. The second-order valence-corrected chi connectivity index (χ2v) is 4.67. The number of amides is 1. The summed E-state index contributed by atoms with van der Waals surface area (Å²) < 4.78 is 6.25. The van der Waals surface area contributed by atoms with Gasteiger partial charge in [-0.05, 0) is 24.1 Å². The largest absolute Gasteiger partial charge is 0.380 e. The van der Waals surface area contributed by atoms with Crippen LogP contribution in [0.25, 0.3) is 0 Å². The number of ether oxygens (including phenoxy) is 1. The highest BCUT2D eigenvalue weighted by Crippen LogP contribution is 2.34. The van der Waals surface area contributed by atoms with E-state index in [4.69, 9.17) is 10.5 Å². The summed E-state index contributed by atoms with van der Waals surface area (Å²) in [6, 6.07) is 7.68. The highest BCUT2D eigenvalue weighted by atomic mass is 79.9. The summed E-state index contributed by atoms with van der Waals surface area (Å²) in [6.45, 7) is 0.980. The lowest BCUT2D eigenvalue weighted by atomic mass is 9.79. The van der Waals surface area contributed by atoms with Crippen LogP contribution in [0, 0.1) is 0 Å². The van der Waals surface area contributed by atoms with Crippen LogP contribution in [0.3, 0.4) is 0 Å². The van der Waals surface area contributed by atoms with Crippen LogP contribution in [0.4, 0.5) is 0 Å². The van der Waals surface area contributed by atoms with Crippen LogP contribution in [-0.4, -0.2) is 19.1 Å². The van der Waals surface area contributed by atoms with Crippen molar-refractivity contribution in [3.05, 3.63) is 34.3 Å². The molecule has 1 aliphatic heterocycles. The number of primary amides is 1. The molecule has 0 bridgehead atoms. The third-order valence-corrected chi connectivity index (χ3v) is 3.36. The zero-order valence-electron chi connectivity index (χ0n) is 8.20. The third kappa shape index (κ3) is 1.79. The van der Waals surface area contributed by atoms with Crippen LogP contribution >= 0.6 is 15.9 Å². The van der Waals surface area contributed by atoms with E-state index in [1.165, 1.54) is 0 Å². The van der Waals surface area contributed by atoms with Crippen molar-refractivity contribution in [2.75, 3.05) is 13.2 Å². The van der Waals surface area contributed by atoms with Gasteiger partial charge >= 0.3 is 0 Å². The molecule has 15 heavy (non-hydrogen) atoms. The molecule has 80 valence electrons. The number of nitrogens with two attached hydrogens (primary N) is 1. The number of benzene rings is 1. The van der Waals surface area contributed by atoms with Gasteiger partial charge in [0.15, 0.2) is 0 Å². The van der Waals surface area contributed by atoms with Gasteiger partial charge in [-0.2, -0.15) is 0 Å². The Morgan fingerprint density at radius 3 is 2.87 bits per heavy atom. The van der Waals surface area contributed by atoms with Crippen molar-refractivity contribution in [2.45, 2.75) is 11.8 Å². The molecule has 2 rings (SSSR count). The van der Waals surface area contributed by atoms with E-state index in [0.717, 1.165) is 10.0 Å². The fourth-order valence-electron chi connectivity index (χ4n) is 1.92. The number of hydrogen-bond donors (Lipinski definition) is 1. The third-order valence-electron chi connectivity index (χ3n) is 2.87. The zero-order chi connectivity index (χ0) is 10.9. The Balaban J connectivity index is 2.45. The van der Waals surface area contributed by atoms with E-state index in [1.54, 1.807) is 0 Å². The van der Waals surface area contributed by atoms with Gasteiger partial charge in [-0.15, -0.1) is 0 Å². The van der Waals surface area contributed by atoms with Gasteiger partial charge in [0, 0.05) is 11.1 Å². The minimum Gasteiger partial charge on any atom is -0.380 e. The lowest BCUT2D eigenvalue weighted by molar-refractivity contribution is -0.123. The Morgan fingerprint density at radius 2 is 2.33 bits per heavy atom. The van der Waals surface area contributed by atoms with Crippen molar-refractivity contribution >= 4 is 21.8 Å². The SMILES string of the molecule is NC(=O)C1(c2cccc(Br)c2)CCOC1. The molecular formula is C11H12BrNO2. The molecule has 2 N–H and O–H groups in total. The zero-order valence-corrected chi connectivity index (χ0v) is 9.79. The minimum absolute atomic E-state index is 0.307. The van der Waals surface area contributed by atoms with E-state index in [2.05, 4.69) is 15.9 Å². The molecule has 1 aromatic rings. The van der Waals surface area contributed by atoms with Crippen molar-refractivity contribution in [1.82, 2.24) is 0 Å². The Morgan fingerprint density at radius 1 is 1.53 bits per heavy atom. The van der Waals surface area contributed by atoms with Crippen molar-refractivity contribution in [3.8, 4) is 0 Å². The molecule has 1 fully saturated rings. The molecule has 0 saturated carbocycles. The molecule has 1 atom stereocenters. The van der Waals surface area contributed by atoms with E-state index in [1.807, 2.05) is 24.3 Å². The molecule has 0 radical (unpaired) electrons. The molecule has 0 spiro atoms. The molecule has 1 aliphatic rings. The summed E-state index contributed by atoms with van der Waals surface area (Å²) in [5.74, 6) is -0.307. The van der Waals surface area contributed by atoms with Gasteiger partial charge in [-0.1, -0.05) is 28.1 Å². The van der Waals surface area contributed by atoms with Crippen molar-refractivity contribution in [2.24, 2.45) is 5.73 Å². The molecule has 1 aromatic carbocycles. The summed E-state index contributed by atoms with van der Waals surface area (Å²) in [4.78, 5) is 11.6. The first-order chi connectivity index (χ1) is 7.15. The number of halogens is 1. The molecule has 3 nitrogen and oxygen atoms in total. The van der Waals surface area contributed by atoms with Crippen LogP contribution in [0.15, 0.2) is 28.7 Å². The van der Waals surface area contributed by atoms with E-state index in [-0.39, 0.29) is 5.91 Å². The predicted octanol–water partition coefficient (Wildman–Crippen LogP) is 1.59. The predicted molar refractivity (Wildman–Crippen MR) is 60.5 cm³/mol. The van der Waals surface area contributed by atoms with Gasteiger partial charge in [0.2, 0.25) is 5.91 Å². The lowest BCUT2D eigenvalue weighted by Crippen LogP contribution is -2.41. The van der Waals surface area contributed by atoms with Gasteiger partial charge < -0.3 is 10.5 Å². The number of carbonyl (C=O) groups is 1. The van der Waals surface area contributed by atoms with Crippen LogP contribution in [-0.2, 0) is 14.9 Å². The maximum atomic E-state index is 11.6. The maximum Gasteiger partial charge on any atom is 0.230 e. The topological polar surface area (TPSA) is 52.3 Å². The number of rotatable bonds is 2. The first-order valence-electron chi connectivity index (χ1n) is 4.79. The smallest absolute Gasteiger partial charge is 0.230 e. The van der Waals surface area contributed by atoms with Crippen LogP contribution in [0.1, 0.15) is 12.0 Å². The monoisotopic (exact) mass is 269 g/mol. The van der Waals surface area contributed by atoms with Gasteiger partial charge in [0.1, 0.15) is 0 Å². The highest BCUT2D eigenvalue weighted by Gasteiger charge is 2.42. The van der Waals surface area contributed by atoms with Gasteiger partial charge in [-0.25, -0.2) is 0 Å². The van der Waals surface area contributed by atoms with Crippen LogP contribution < -0.4 is 5.73 Å². The summed E-state index contributed by atoms with van der Waals surface area (Å²) in [5, 5.41) is 0. The van der Waals surface area contributed by atoms with E-state index >= 15 is 0 Å². The number of hydrogen-bond acceptors (Lipinski definition) is 2. The molecule has 1 heterocycles. The molecule has 1 unspecified atom stereocenters. The second kappa shape index (κ2) is 3.94. The standard InChI is InChI=1S/C11H12BrNO2/c12-9-3-1-2-8(6-9)11(10(13)14)4-5-15-7-11/h1-3,6H,4-5,7H2,(H2,13,14). The Labute approximate surface area is 96.7 Å². The van der Waals surface area contributed by atoms with Crippen molar-refractivity contribution < 1.29 is 9.53 Å². The van der Waals surface area contributed by atoms with Gasteiger partial charge in [0.05, 0.1) is 12.0 Å². The van der Waals surface area contributed by atoms with Crippen molar-refractivity contribution in [1.29, 1.82) is 0 Å². The van der Waals surface area contributed by atoms with E-state index in [0.29, 0.717) is 19.6 Å². The normalized spacial score (nSPS) is 25.4. The number of carbonyl (C=O) groups excluding carboxylic acids is 1. The summed E-state index contributed by atoms with van der Waals surface area (Å²) in [5.41, 5.74) is 5.78. The van der Waals surface area contributed by atoms with Gasteiger partial charge in [-0.3, -0.25) is 4.79 Å². The first-order valence-corrected chi connectivity index (χ1v) is 5.58. The molecule has 0 aliphatic carbocycles. The molecule has 0 aromatic heterocycles. The molecule has 1 amide bonds. The van der Waals surface area contributed by atoms with Crippen LogP contribution in [0.5, 0.6) is 0 Å². The average molecular weight is 270 g/mol. The summed E-state index contributed by atoms with van der Waals surface area (Å²) in [7, 11) is 0.